The molecule has 0 radical (unpaired) electrons. The van der Waals surface area contributed by atoms with Crippen LogP contribution in [0.15, 0.2) is 48.5 Å². The van der Waals surface area contributed by atoms with Crippen LogP contribution in [0.1, 0.15) is 68.1 Å². The largest absolute Gasteiger partial charge is 0.348 e. The van der Waals surface area contributed by atoms with Crippen LogP contribution >= 0.6 is 11.6 Å². The predicted molar refractivity (Wildman–Crippen MR) is 109 cm³/mol. The smallest absolute Gasteiger partial charge is 0.231 e. The minimum atomic E-state index is -0.451. The number of nitrogens with one attached hydrogen (secondary N) is 1. The second-order valence-electron chi connectivity index (χ2n) is 8.54. The molecule has 1 saturated carbocycles. The average molecular weight is 384 g/mol. The zero-order valence-corrected chi connectivity index (χ0v) is 17.1. The molecule has 1 N–H and O–H groups in total. The summed E-state index contributed by atoms with van der Waals surface area (Å²) in [5.74, 6) is 0.0953. The molecule has 2 aromatic carbocycles. The first kappa shape index (κ1) is 19.6. The first-order chi connectivity index (χ1) is 12.6. The maximum absolute atomic E-state index is 13.2. The van der Waals surface area contributed by atoms with E-state index in [1.54, 1.807) is 6.92 Å². The number of rotatable bonds is 5. The van der Waals surface area contributed by atoms with E-state index in [0.29, 0.717) is 10.6 Å². The Morgan fingerprint density at radius 3 is 2.00 bits per heavy atom. The van der Waals surface area contributed by atoms with Crippen molar-refractivity contribution in [2.75, 3.05) is 0 Å². The van der Waals surface area contributed by atoms with Gasteiger partial charge in [-0.15, -0.1) is 0 Å². The molecule has 0 bridgehead atoms. The van der Waals surface area contributed by atoms with Crippen molar-refractivity contribution in [2.24, 2.45) is 5.41 Å². The van der Waals surface area contributed by atoms with Gasteiger partial charge >= 0.3 is 0 Å². The third-order valence-corrected chi connectivity index (χ3v) is 5.63. The van der Waals surface area contributed by atoms with Gasteiger partial charge in [-0.2, -0.15) is 0 Å². The topological polar surface area (TPSA) is 46.2 Å². The highest BCUT2D eigenvalue weighted by atomic mass is 35.5. The molecular formula is C23H26ClNO2. The summed E-state index contributed by atoms with van der Waals surface area (Å²) >= 11 is 6.00. The standard InChI is InChI=1S/C23H26ClNO2/c1-15(26)16-5-7-17(8-6-16)20(22(2,3)4)25-21(27)23(13-14-23)18-9-11-19(24)12-10-18/h5-12,20H,13-14H2,1-4H3,(H,25,27). The van der Waals surface area contributed by atoms with Crippen LogP contribution < -0.4 is 5.32 Å². The Labute approximate surface area is 166 Å². The summed E-state index contributed by atoms with van der Waals surface area (Å²) in [5, 5.41) is 3.96. The van der Waals surface area contributed by atoms with E-state index in [-0.39, 0.29) is 23.1 Å². The number of carbonyl (C=O) groups excluding carboxylic acids is 2. The van der Waals surface area contributed by atoms with E-state index in [1.165, 1.54) is 0 Å². The van der Waals surface area contributed by atoms with Crippen LogP contribution in [0.2, 0.25) is 5.02 Å². The number of carbonyl (C=O) groups is 2. The Morgan fingerprint density at radius 1 is 1.00 bits per heavy atom. The first-order valence-electron chi connectivity index (χ1n) is 9.31. The Kier molecular flexibility index (Phi) is 5.18. The summed E-state index contributed by atoms with van der Waals surface area (Å²) in [7, 11) is 0. The summed E-state index contributed by atoms with van der Waals surface area (Å²) in [5.41, 5.74) is 2.09. The van der Waals surface area contributed by atoms with Gasteiger partial charge in [0.2, 0.25) is 5.91 Å². The monoisotopic (exact) mass is 383 g/mol. The highest BCUT2D eigenvalue weighted by Crippen LogP contribution is 2.49. The van der Waals surface area contributed by atoms with Crippen LogP contribution in [0.5, 0.6) is 0 Å². The lowest BCUT2D eigenvalue weighted by Gasteiger charge is -2.33. The van der Waals surface area contributed by atoms with Gasteiger partial charge in [-0.1, -0.05) is 68.8 Å². The van der Waals surface area contributed by atoms with Crippen LogP contribution in [0.3, 0.4) is 0 Å². The van der Waals surface area contributed by atoms with E-state index in [4.69, 9.17) is 11.6 Å². The minimum absolute atomic E-state index is 0.0394. The Morgan fingerprint density at radius 2 is 1.56 bits per heavy atom. The zero-order chi connectivity index (χ0) is 19.8. The van der Waals surface area contributed by atoms with E-state index in [9.17, 15) is 9.59 Å². The van der Waals surface area contributed by atoms with Crippen LogP contribution in [-0.2, 0) is 10.2 Å². The number of benzene rings is 2. The molecule has 1 aliphatic carbocycles. The normalized spacial score (nSPS) is 16.5. The van der Waals surface area contributed by atoms with Gasteiger partial charge in [-0.25, -0.2) is 0 Å². The molecule has 0 heterocycles. The Bertz CT molecular complexity index is 843. The predicted octanol–water partition coefficient (Wildman–Crippen LogP) is 5.48. The van der Waals surface area contributed by atoms with Gasteiger partial charge in [0.25, 0.3) is 0 Å². The second kappa shape index (κ2) is 7.12. The minimum Gasteiger partial charge on any atom is -0.348 e. The molecule has 3 nitrogen and oxygen atoms in total. The molecule has 0 saturated heterocycles. The lowest BCUT2D eigenvalue weighted by Crippen LogP contribution is -2.42. The van der Waals surface area contributed by atoms with Gasteiger partial charge in [0.1, 0.15) is 0 Å². The van der Waals surface area contributed by atoms with Crippen LogP contribution in [0.4, 0.5) is 0 Å². The zero-order valence-electron chi connectivity index (χ0n) is 16.3. The number of amides is 1. The molecule has 1 unspecified atom stereocenters. The molecule has 3 rings (SSSR count). The summed E-state index contributed by atoms with van der Waals surface area (Å²) in [6.45, 7) is 7.89. The highest BCUT2D eigenvalue weighted by molar-refractivity contribution is 6.30. The quantitative estimate of drug-likeness (QED) is 0.695. The fourth-order valence-corrected chi connectivity index (χ4v) is 3.65. The van der Waals surface area contributed by atoms with Gasteiger partial charge in [0, 0.05) is 10.6 Å². The van der Waals surface area contributed by atoms with E-state index < -0.39 is 5.41 Å². The van der Waals surface area contributed by atoms with Crippen LogP contribution in [0.25, 0.3) is 0 Å². The van der Waals surface area contributed by atoms with Crippen molar-refractivity contribution in [3.63, 3.8) is 0 Å². The molecule has 1 aliphatic rings. The molecule has 0 aliphatic heterocycles. The molecule has 1 fully saturated rings. The Balaban J connectivity index is 1.86. The molecule has 1 atom stereocenters. The fourth-order valence-electron chi connectivity index (χ4n) is 3.52. The van der Waals surface area contributed by atoms with Gasteiger partial charge in [-0.05, 0) is 48.4 Å². The van der Waals surface area contributed by atoms with Crippen molar-refractivity contribution in [3.05, 3.63) is 70.2 Å². The summed E-state index contributed by atoms with van der Waals surface area (Å²) in [6, 6.07) is 15.0. The van der Waals surface area contributed by atoms with Gasteiger partial charge in [-0.3, -0.25) is 9.59 Å². The van der Waals surface area contributed by atoms with E-state index >= 15 is 0 Å². The fraction of sp³-hybridized carbons (Fsp3) is 0.391. The van der Waals surface area contributed by atoms with Crippen LogP contribution in [-0.4, -0.2) is 11.7 Å². The van der Waals surface area contributed by atoms with Crippen molar-refractivity contribution in [2.45, 2.75) is 52.0 Å². The van der Waals surface area contributed by atoms with Crippen molar-refractivity contribution < 1.29 is 9.59 Å². The highest BCUT2D eigenvalue weighted by Gasteiger charge is 2.52. The third kappa shape index (κ3) is 4.08. The third-order valence-electron chi connectivity index (χ3n) is 5.37. The van der Waals surface area contributed by atoms with E-state index in [2.05, 4.69) is 26.1 Å². The number of hydrogen-bond donors (Lipinski definition) is 1. The van der Waals surface area contributed by atoms with Crippen molar-refractivity contribution >= 4 is 23.3 Å². The van der Waals surface area contributed by atoms with Gasteiger partial charge < -0.3 is 5.32 Å². The average Bonchev–Trinajstić information content (AvgIpc) is 3.41. The number of hydrogen-bond acceptors (Lipinski definition) is 2. The summed E-state index contributed by atoms with van der Waals surface area (Å²) in [6.07, 6.45) is 1.70. The van der Waals surface area contributed by atoms with Gasteiger partial charge in [0.05, 0.1) is 11.5 Å². The number of halogens is 1. The molecule has 4 heteroatoms. The van der Waals surface area contributed by atoms with Crippen molar-refractivity contribution in [1.29, 1.82) is 0 Å². The molecule has 0 spiro atoms. The maximum atomic E-state index is 13.2. The molecule has 142 valence electrons. The second-order valence-corrected chi connectivity index (χ2v) is 8.98. The van der Waals surface area contributed by atoms with Gasteiger partial charge in [0.15, 0.2) is 5.78 Å². The lowest BCUT2D eigenvalue weighted by atomic mass is 9.81. The van der Waals surface area contributed by atoms with E-state index in [1.807, 2.05) is 48.5 Å². The number of Topliss-reactive ketones (excluding diaryl/α,β-unsaturated/α-hetero) is 1. The molecule has 2 aromatic rings. The number of ketones is 1. The lowest BCUT2D eigenvalue weighted by molar-refractivity contribution is -0.125. The first-order valence-corrected chi connectivity index (χ1v) is 9.69. The summed E-state index contributed by atoms with van der Waals surface area (Å²) < 4.78 is 0. The van der Waals surface area contributed by atoms with Crippen molar-refractivity contribution in [3.8, 4) is 0 Å². The van der Waals surface area contributed by atoms with Crippen LogP contribution in [0, 0.1) is 5.41 Å². The maximum Gasteiger partial charge on any atom is 0.231 e. The molecule has 1 amide bonds. The van der Waals surface area contributed by atoms with E-state index in [0.717, 1.165) is 24.0 Å². The summed E-state index contributed by atoms with van der Waals surface area (Å²) in [4.78, 5) is 24.8. The SMILES string of the molecule is CC(=O)c1ccc(C(NC(=O)C2(c3ccc(Cl)cc3)CC2)C(C)(C)C)cc1. The molecular weight excluding hydrogens is 358 g/mol. The molecule has 0 aromatic heterocycles. The van der Waals surface area contributed by atoms with Crippen molar-refractivity contribution in [1.82, 2.24) is 5.32 Å². The Hall–Kier alpha value is -2.13. The molecule has 27 heavy (non-hydrogen) atoms.